The van der Waals surface area contributed by atoms with Gasteiger partial charge in [-0.2, -0.15) is 5.10 Å². The summed E-state index contributed by atoms with van der Waals surface area (Å²) in [6.07, 6.45) is 0. The van der Waals surface area contributed by atoms with Gasteiger partial charge in [-0.3, -0.25) is 4.79 Å². The van der Waals surface area contributed by atoms with E-state index in [0.717, 1.165) is 5.56 Å². The lowest BCUT2D eigenvalue weighted by Gasteiger charge is -2.10. The van der Waals surface area contributed by atoms with E-state index in [2.05, 4.69) is 5.10 Å². The van der Waals surface area contributed by atoms with E-state index in [1.807, 2.05) is 24.3 Å². The van der Waals surface area contributed by atoms with Crippen LogP contribution in [0.25, 0.3) is 11.3 Å². The number of ether oxygens (including phenoxy) is 1. The van der Waals surface area contributed by atoms with E-state index < -0.39 is 0 Å². The van der Waals surface area contributed by atoms with Gasteiger partial charge in [-0.1, -0.05) is 30.3 Å². The summed E-state index contributed by atoms with van der Waals surface area (Å²) in [5, 5.41) is 4.35. The molecule has 3 rings (SSSR count). The fourth-order valence-corrected chi connectivity index (χ4v) is 2.35. The molecule has 4 nitrogen and oxygen atoms in total. The highest BCUT2D eigenvalue weighted by Crippen LogP contribution is 2.27. The summed E-state index contributed by atoms with van der Waals surface area (Å²) >= 11 is 0. The van der Waals surface area contributed by atoms with Crippen molar-refractivity contribution < 1.29 is 9.13 Å². The molecule has 5 heteroatoms. The van der Waals surface area contributed by atoms with Crippen molar-refractivity contribution in [1.82, 2.24) is 9.78 Å². The number of rotatable bonds is 4. The van der Waals surface area contributed by atoms with Crippen molar-refractivity contribution in [1.29, 1.82) is 0 Å². The van der Waals surface area contributed by atoms with E-state index in [4.69, 9.17) is 4.74 Å². The molecule has 0 spiro atoms. The zero-order valence-electron chi connectivity index (χ0n) is 12.6. The lowest BCUT2D eigenvalue weighted by Crippen LogP contribution is -2.23. The van der Waals surface area contributed by atoms with Gasteiger partial charge >= 0.3 is 0 Å². The van der Waals surface area contributed by atoms with Crippen molar-refractivity contribution in [2.24, 2.45) is 0 Å². The highest BCUT2D eigenvalue weighted by atomic mass is 19.1. The topological polar surface area (TPSA) is 44.1 Å². The molecule has 0 aliphatic rings. The molecule has 116 valence electrons. The zero-order chi connectivity index (χ0) is 16.2. The van der Waals surface area contributed by atoms with Crippen molar-refractivity contribution >= 4 is 0 Å². The second kappa shape index (κ2) is 6.44. The van der Waals surface area contributed by atoms with Gasteiger partial charge in [0.2, 0.25) is 0 Å². The Morgan fingerprint density at radius 2 is 1.78 bits per heavy atom. The maximum Gasteiger partial charge on any atom is 0.267 e. The Morgan fingerprint density at radius 1 is 1.04 bits per heavy atom. The molecule has 2 aromatic carbocycles. The maximum atomic E-state index is 13.8. The molecule has 0 fully saturated rings. The Balaban J connectivity index is 2.03. The standard InChI is InChI=1S/C18H15FN2O2/c1-23-17-9-5-3-7-14(17)16-10-11-18(22)21(20-16)12-13-6-2-4-8-15(13)19/h2-11H,12H2,1H3. The number of halogens is 1. The lowest BCUT2D eigenvalue weighted by atomic mass is 10.1. The van der Waals surface area contributed by atoms with Gasteiger partial charge < -0.3 is 4.74 Å². The molecule has 0 N–H and O–H groups in total. The van der Waals surface area contributed by atoms with E-state index in [-0.39, 0.29) is 17.9 Å². The largest absolute Gasteiger partial charge is 0.496 e. The summed E-state index contributed by atoms with van der Waals surface area (Å²) in [4.78, 5) is 12.0. The average molecular weight is 310 g/mol. The molecule has 1 heterocycles. The van der Waals surface area contributed by atoms with Gasteiger partial charge in [0.05, 0.1) is 19.3 Å². The number of aromatic nitrogens is 2. The van der Waals surface area contributed by atoms with E-state index >= 15 is 0 Å². The molecule has 0 aliphatic heterocycles. The number of hydrogen-bond acceptors (Lipinski definition) is 3. The number of nitrogens with zero attached hydrogens (tertiary/aromatic N) is 2. The van der Waals surface area contributed by atoms with Gasteiger partial charge in [-0.15, -0.1) is 0 Å². The van der Waals surface area contributed by atoms with E-state index in [0.29, 0.717) is 17.0 Å². The minimum absolute atomic E-state index is 0.0779. The second-order valence-corrected chi connectivity index (χ2v) is 5.01. The van der Waals surface area contributed by atoms with Crippen LogP contribution < -0.4 is 10.3 Å². The Hall–Kier alpha value is -2.95. The van der Waals surface area contributed by atoms with Crippen LogP contribution in [0.3, 0.4) is 0 Å². The normalized spacial score (nSPS) is 10.5. The molecule has 0 saturated heterocycles. The van der Waals surface area contributed by atoms with Crippen molar-refractivity contribution in [2.45, 2.75) is 6.54 Å². The predicted molar refractivity (Wildman–Crippen MR) is 86.0 cm³/mol. The first-order valence-electron chi connectivity index (χ1n) is 7.14. The predicted octanol–water partition coefficient (Wildman–Crippen LogP) is 3.11. The molecule has 0 saturated carbocycles. The minimum atomic E-state index is -0.358. The van der Waals surface area contributed by atoms with E-state index in [9.17, 15) is 9.18 Å². The lowest BCUT2D eigenvalue weighted by molar-refractivity contribution is 0.416. The average Bonchev–Trinajstić information content (AvgIpc) is 2.59. The van der Waals surface area contributed by atoms with E-state index in [1.165, 1.54) is 16.8 Å². The summed E-state index contributed by atoms with van der Waals surface area (Å²) in [5.41, 5.74) is 1.50. The van der Waals surface area contributed by atoms with Crippen LogP contribution in [0.15, 0.2) is 65.5 Å². The Bertz CT molecular complexity index is 890. The highest BCUT2D eigenvalue weighted by molar-refractivity contribution is 5.66. The Morgan fingerprint density at radius 3 is 2.57 bits per heavy atom. The molecular weight excluding hydrogens is 295 g/mol. The molecule has 1 aromatic heterocycles. The monoisotopic (exact) mass is 310 g/mol. The van der Waals surface area contributed by atoms with Crippen molar-refractivity contribution in [3.8, 4) is 17.0 Å². The fourth-order valence-electron chi connectivity index (χ4n) is 2.35. The van der Waals surface area contributed by atoms with Gasteiger partial charge in [0.1, 0.15) is 11.6 Å². The third-order valence-corrected chi connectivity index (χ3v) is 3.53. The number of hydrogen-bond donors (Lipinski definition) is 0. The third kappa shape index (κ3) is 3.13. The summed E-state index contributed by atoms with van der Waals surface area (Å²) in [6, 6.07) is 16.8. The van der Waals surface area contributed by atoms with Gasteiger partial charge in [0.15, 0.2) is 0 Å². The van der Waals surface area contributed by atoms with Crippen molar-refractivity contribution in [2.75, 3.05) is 7.11 Å². The minimum Gasteiger partial charge on any atom is -0.496 e. The number of benzene rings is 2. The fraction of sp³-hybridized carbons (Fsp3) is 0.111. The van der Waals surface area contributed by atoms with Crippen LogP contribution in [0, 0.1) is 5.82 Å². The molecule has 0 unspecified atom stereocenters. The molecule has 0 radical (unpaired) electrons. The first-order valence-corrected chi connectivity index (χ1v) is 7.14. The van der Waals surface area contributed by atoms with Gasteiger partial charge in [0.25, 0.3) is 5.56 Å². The van der Waals surface area contributed by atoms with Crippen molar-refractivity contribution in [3.05, 3.63) is 82.4 Å². The smallest absolute Gasteiger partial charge is 0.267 e. The Labute approximate surface area is 132 Å². The summed E-state index contributed by atoms with van der Waals surface area (Å²) in [5.74, 6) is 0.306. The summed E-state index contributed by atoms with van der Waals surface area (Å²) in [6.45, 7) is 0.0779. The molecule has 23 heavy (non-hydrogen) atoms. The van der Waals surface area contributed by atoms with Crippen molar-refractivity contribution in [3.63, 3.8) is 0 Å². The van der Waals surface area contributed by atoms with Crippen LogP contribution in [0.4, 0.5) is 4.39 Å². The van der Waals surface area contributed by atoms with Crippen LogP contribution in [0.2, 0.25) is 0 Å². The van der Waals surface area contributed by atoms with Crippen LogP contribution >= 0.6 is 0 Å². The van der Waals surface area contributed by atoms with Crippen LogP contribution in [-0.4, -0.2) is 16.9 Å². The number of methoxy groups -OCH3 is 1. The molecule has 0 amide bonds. The zero-order valence-corrected chi connectivity index (χ0v) is 12.6. The molecule has 0 aliphatic carbocycles. The quantitative estimate of drug-likeness (QED) is 0.744. The number of para-hydroxylation sites is 1. The van der Waals surface area contributed by atoms with Gasteiger partial charge in [-0.05, 0) is 24.3 Å². The first kappa shape index (κ1) is 15.0. The highest BCUT2D eigenvalue weighted by Gasteiger charge is 2.10. The van der Waals surface area contributed by atoms with Gasteiger partial charge in [0, 0.05) is 17.2 Å². The third-order valence-electron chi connectivity index (χ3n) is 3.53. The first-order chi connectivity index (χ1) is 11.2. The van der Waals surface area contributed by atoms with Crippen LogP contribution in [0.1, 0.15) is 5.56 Å². The van der Waals surface area contributed by atoms with Crippen LogP contribution in [0.5, 0.6) is 5.75 Å². The molecule has 3 aromatic rings. The van der Waals surface area contributed by atoms with Gasteiger partial charge in [-0.25, -0.2) is 9.07 Å². The van der Waals surface area contributed by atoms with E-state index in [1.54, 1.807) is 31.4 Å². The molecule has 0 atom stereocenters. The summed E-state index contributed by atoms with van der Waals surface area (Å²) < 4.78 is 20.4. The Kier molecular flexibility index (Phi) is 4.19. The molecule has 0 bridgehead atoms. The van der Waals surface area contributed by atoms with Crippen LogP contribution in [-0.2, 0) is 6.54 Å². The SMILES string of the molecule is COc1ccccc1-c1ccc(=O)n(Cc2ccccc2F)n1. The summed E-state index contributed by atoms with van der Waals surface area (Å²) in [7, 11) is 1.58. The maximum absolute atomic E-state index is 13.8. The second-order valence-electron chi connectivity index (χ2n) is 5.01. The molecular formula is C18H15FN2O2.